The van der Waals surface area contributed by atoms with Crippen LogP contribution in [0.4, 0.5) is 0 Å². The lowest BCUT2D eigenvalue weighted by Crippen LogP contribution is -2.57. The van der Waals surface area contributed by atoms with Crippen LogP contribution in [-0.2, 0) is 6.54 Å². The quantitative estimate of drug-likeness (QED) is 0.474. The third kappa shape index (κ3) is 5.37. The molecule has 1 aromatic heterocycles. The average molecular weight is 461 g/mol. The first-order valence-corrected chi connectivity index (χ1v) is 12.3. The van der Waals surface area contributed by atoms with Crippen molar-refractivity contribution in [3.63, 3.8) is 0 Å². The van der Waals surface area contributed by atoms with E-state index in [1.54, 1.807) is 10.9 Å². The van der Waals surface area contributed by atoms with Gasteiger partial charge in [-0.1, -0.05) is 55.8 Å². The highest BCUT2D eigenvalue weighted by Gasteiger charge is 2.34. The first kappa shape index (κ1) is 24.1. The molecule has 1 aliphatic heterocycles. The maximum atomic E-state index is 10.2. The first-order valence-electron chi connectivity index (χ1n) is 12.3. The van der Waals surface area contributed by atoms with E-state index in [2.05, 4.69) is 82.9 Å². The lowest BCUT2D eigenvalue weighted by atomic mass is 9.92. The van der Waals surface area contributed by atoms with E-state index < -0.39 is 0 Å². The average Bonchev–Trinajstić information content (AvgIpc) is 3.30. The fraction of sp³-hybridized carbons (Fsp3) is 0.444. The van der Waals surface area contributed by atoms with Crippen LogP contribution >= 0.6 is 0 Å². The van der Waals surface area contributed by atoms with Crippen molar-refractivity contribution >= 4 is 0 Å². The van der Waals surface area contributed by atoms with Gasteiger partial charge in [-0.15, -0.1) is 16.8 Å². The van der Waals surface area contributed by atoms with Crippen molar-refractivity contribution in [2.45, 2.75) is 58.3 Å². The maximum Gasteiger partial charge on any atom is 0.204 e. The van der Waals surface area contributed by atoms with Gasteiger partial charge in [0.05, 0.1) is 12.6 Å². The molecule has 3 aromatic rings. The van der Waals surface area contributed by atoms with E-state index in [4.69, 9.17) is 0 Å². The molecule has 0 radical (unpaired) electrons. The summed E-state index contributed by atoms with van der Waals surface area (Å²) < 4.78 is 0. The number of aromatic hydroxyl groups is 1. The van der Waals surface area contributed by atoms with Crippen LogP contribution in [0.2, 0.25) is 0 Å². The number of unbranched alkanes of at least 4 members (excludes halogenated alkanes) is 1. The molecule has 1 fully saturated rings. The summed E-state index contributed by atoms with van der Waals surface area (Å²) in [5, 5.41) is 23.2. The lowest BCUT2D eigenvalue weighted by Gasteiger charge is -2.47. The molecule has 2 heterocycles. The van der Waals surface area contributed by atoms with E-state index in [9.17, 15) is 5.11 Å². The van der Waals surface area contributed by atoms with Gasteiger partial charge in [0, 0.05) is 37.3 Å². The van der Waals surface area contributed by atoms with Crippen LogP contribution in [-0.4, -0.2) is 66.8 Å². The van der Waals surface area contributed by atoms with Crippen molar-refractivity contribution in [3.8, 4) is 17.1 Å². The highest BCUT2D eigenvalue weighted by molar-refractivity contribution is 5.55. The molecule has 1 N–H and O–H groups in total. The highest BCUT2D eigenvalue weighted by atomic mass is 16.3. The summed E-state index contributed by atoms with van der Waals surface area (Å²) in [5.74, 6) is 0.939. The zero-order valence-corrected chi connectivity index (χ0v) is 20.5. The molecule has 0 bridgehead atoms. The Bertz CT molecular complexity index is 1080. The van der Waals surface area contributed by atoms with E-state index in [0.717, 1.165) is 50.1 Å². The predicted octanol–water partition coefficient (Wildman–Crippen LogP) is 4.52. The number of hydrogen-bond donors (Lipinski definition) is 1. The molecule has 2 aromatic carbocycles. The van der Waals surface area contributed by atoms with Crippen LogP contribution < -0.4 is 0 Å². The minimum absolute atomic E-state index is 0.0395. The van der Waals surface area contributed by atoms with Crippen molar-refractivity contribution < 1.29 is 5.11 Å². The van der Waals surface area contributed by atoms with Crippen molar-refractivity contribution in [2.24, 2.45) is 0 Å². The zero-order valence-electron chi connectivity index (χ0n) is 20.5. The van der Waals surface area contributed by atoms with Crippen LogP contribution in [0.3, 0.4) is 0 Å². The van der Waals surface area contributed by atoms with Gasteiger partial charge >= 0.3 is 0 Å². The minimum Gasteiger partial charge on any atom is -0.508 e. The molecule has 7 nitrogen and oxygen atoms in total. The Morgan fingerprint density at radius 2 is 1.88 bits per heavy atom. The molecule has 0 saturated carbocycles. The Hall–Kier alpha value is -3.03. The summed E-state index contributed by atoms with van der Waals surface area (Å²) in [6.45, 7) is 14.2. The van der Waals surface area contributed by atoms with E-state index >= 15 is 0 Å². The molecular weight excluding hydrogens is 424 g/mol. The summed E-state index contributed by atoms with van der Waals surface area (Å²) in [6.07, 6.45) is 4.12. The van der Waals surface area contributed by atoms with Crippen LogP contribution in [0.15, 0.2) is 61.2 Å². The molecule has 3 atom stereocenters. The molecule has 180 valence electrons. The number of phenolic OH excluding ortho intramolecular Hbond substituents is 1. The number of rotatable bonds is 9. The van der Waals surface area contributed by atoms with Gasteiger partial charge < -0.3 is 5.11 Å². The number of phenols is 1. The number of piperazine rings is 1. The van der Waals surface area contributed by atoms with Gasteiger partial charge in [-0.05, 0) is 48.7 Å². The fourth-order valence-electron chi connectivity index (χ4n) is 4.84. The Morgan fingerprint density at radius 3 is 2.59 bits per heavy atom. The molecule has 1 aliphatic rings. The molecular formula is C27H36N6O. The highest BCUT2D eigenvalue weighted by Crippen LogP contribution is 2.35. The second-order valence-electron chi connectivity index (χ2n) is 9.32. The van der Waals surface area contributed by atoms with Gasteiger partial charge in [-0.3, -0.25) is 9.80 Å². The molecule has 4 rings (SSSR count). The van der Waals surface area contributed by atoms with Crippen LogP contribution in [0.1, 0.15) is 50.8 Å². The maximum absolute atomic E-state index is 10.2. The lowest BCUT2D eigenvalue weighted by molar-refractivity contribution is 0.0306. The summed E-state index contributed by atoms with van der Waals surface area (Å²) >= 11 is 0. The Labute approximate surface area is 202 Å². The Kier molecular flexibility index (Phi) is 7.75. The van der Waals surface area contributed by atoms with Gasteiger partial charge in [0.15, 0.2) is 0 Å². The Balaban J connectivity index is 1.63. The molecule has 0 spiro atoms. The molecule has 1 saturated heterocycles. The SMILES string of the molecule is C=CCN1C[C@H](C)N(C(c2ccc(-c3nnn(CCCC)n3)cc2)c2cccc(O)c2)C[C@H]1C. The van der Waals surface area contributed by atoms with Gasteiger partial charge in [0.25, 0.3) is 0 Å². The predicted molar refractivity (Wildman–Crippen MR) is 136 cm³/mol. The summed E-state index contributed by atoms with van der Waals surface area (Å²) in [7, 11) is 0. The summed E-state index contributed by atoms with van der Waals surface area (Å²) in [4.78, 5) is 6.70. The normalized spacial score (nSPS) is 20.3. The molecule has 1 unspecified atom stereocenters. The summed E-state index contributed by atoms with van der Waals surface area (Å²) in [6, 6.07) is 16.9. The third-order valence-electron chi connectivity index (χ3n) is 6.69. The smallest absolute Gasteiger partial charge is 0.204 e. The van der Waals surface area contributed by atoms with Crippen LogP contribution in [0, 0.1) is 0 Å². The standard InChI is InChI=1S/C27H36N6O/c1-5-7-16-33-29-27(28-30-33)23-13-11-22(12-14-23)26(24-9-8-10-25(34)17-24)32-19-20(3)31(15-6-2)18-21(32)4/h6,8-14,17,20-21,26,34H,2,5,7,15-16,18-19H2,1,3-4H3/t20-,21+,26?/m1/s1. The number of aromatic nitrogens is 4. The van der Waals surface area contributed by atoms with Gasteiger partial charge in [0.1, 0.15) is 5.75 Å². The molecule has 7 heteroatoms. The van der Waals surface area contributed by atoms with Gasteiger partial charge in [-0.25, -0.2) is 0 Å². The van der Waals surface area contributed by atoms with E-state index in [-0.39, 0.29) is 11.8 Å². The second kappa shape index (κ2) is 10.9. The third-order valence-corrected chi connectivity index (χ3v) is 6.69. The summed E-state index contributed by atoms with van der Waals surface area (Å²) in [5.41, 5.74) is 3.23. The number of tetrazole rings is 1. The van der Waals surface area contributed by atoms with Crippen molar-refractivity contribution in [3.05, 3.63) is 72.3 Å². The fourth-order valence-corrected chi connectivity index (χ4v) is 4.84. The molecule has 34 heavy (non-hydrogen) atoms. The van der Waals surface area contributed by atoms with Crippen molar-refractivity contribution in [1.82, 2.24) is 30.0 Å². The number of benzene rings is 2. The molecule has 0 amide bonds. The number of hydrogen-bond acceptors (Lipinski definition) is 6. The van der Waals surface area contributed by atoms with E-state index in [0.29, 0.717) is 17.9 Å². The topological polar surface area (TPSA) is 70.3 Å². The van der Waals surface area contributed by atoms with Crippen molar-refractivity contribution in [2.75, 3.05) is 19.6 Å². The van der Waals surface area contributed by atoms with Crippen LogP contribution in [0.5, 0.6) is 5.75 Å². The zero-order chi connectivity index (χ0) is 24.1. The largest absolute Gasteiger partial charge is 0.508 e. The number of nitrogens with zero attached hydrogens (tertiary/aromatic N) is 6. The second-order valence-corrected chi connectivity index (χ2v) is 9.32. The van der Waals surface area contributed by atoms with Crippen LogP contribution in [0.25, 0.3) is 11.4 Å². The monoisotopic (exact) mass is 460 g/mol. The number of aryl methyl sites for hydroxylation is 1. The van der Waals surface area contributed by atoms with Crippen molar-refractivity contribution in [1.29, 1.82) is 0 Å². The molecule has 0 aliphatic carbocycles. The Morgan fingerprint density at radius 1 is 1.09 bits per heavy atom. The first-order chi connectivity index (χ1) is 16.5. The van der Waals surface area contributed by atoms with Gasteiger partial charge in [-0.2, -0.15) is 4.80 Å². The van der Waals surface area contributed by atoms with E-state index in [1.165, 1.54) is 5.56 Å². The van der Waals surface area contributed by atoms with Gasteiger partial charge in [0.2, 0.25) is 5.82 Å². The minimum atomic E-state index is 0.0395. The van der Waals surface area contributed by atoms with E-state index in [1.807, 2.05) is 18.2 Å².